The van der Waals surface area contributed by atoms with Crippen LogP contribution in [0.4, 0.5) is 0 Å². The minimum absolute atomic E-state index is 0.601. The highest BCUT2D eigenvalue weighted by Gasteiger charge is 2.24. The molecule has 0 fully saturated rings. The lowest BCUT2D eigenvalue weighted by Crippen LogP contribution is -2.05. The lowest BCUT2D eigenvalue weighted by Gasteiger charge is -2.13. The van der Waals surface area contributed by atoms with Gasteiger partial charge in [-0.25, -0.2) is 15.0 Å². The maximum absolute atomic E-state index is 5.56. The predicted molar refractivity (Wildman–Crippen MR) is 243 cm³/mol. The molecule has 5 aromatic heterocycles. The van der Waals surface area contributed by atoms with Gasteiger partial charge in [0.05, 0.1) is 33.3 Å². The lowest BCUT2D eigenvalue weighted by molar-refractivity contribution is 0.993. The molecule has 6 nitrogen and oxygen atoms in total. The molecule has 0 saturated carbocycles. The number of imidazole rings is 1. The minimum atomic E-state index is 0.601. The third-order valence-electron chi connectivity index (χ3n) is 12.0. The Bertz CT molecular complexity index is 3840. The molecule has 274 valence electrons. The smallest absolute Gasteiger partial charge is 0.237 e. The highest BCUT2D eigenvalue weighted by atomic mass is 15.2. The molecule has 0 amide bonds. The number of nitrogens with zero attached hydrogens (tertiary/aromatic N) is 6. The summed E-state index contributed by atoms with van der Waals surface area (Å²) in [5.41, 5.74) is 13.4. The highest BCUT2D eigenvalue weighted by Crippen LogP contribution is 2.41. The fourth-order valence-corrected chi connectivity index (χ4v) is 9.42. The number of benzene rings is 8. The molecule has 6 heteroatoms. The first kappa shape index (κ1) is 32.0. The van der Waals surface area contributed by atoms with E-state index in [0.717, 1.165) is 77.6 Å². The molecule has 0 saturated heterocycles. The van der Waals surface area contributed by atoms with Crippen molar-refractivity contribution in [3.8, 4) is 34.0 Å². The van der Waals surface area contributed by atoms with Crippen molar-refractivity contribution in [3.05, 3.63) is 194 Å². The second-order valence-corrected chi connectivity index (χ2v) is 15.2. The molecule has 0 N–H and O–H groups in total. The van der Waals surface area contributed by atoms with Gasteiger partial charge in [-0.2, -0.15) is 0 Å². The standard InChI is InChI=1S/C53H32N6/c1-3-15-33(16-4-1)49-41-23-9-12-24-44(41)54-53(56-49)59-48-30-28-35(34-27-29-47-42(31-34)39-21-11-13-25-45(39)57(47)36-17-5-2-6-18-36)32-43(48)50-52(59)58-46-26-14-10-20-38(46)37-19-7-8-22-40(37)51(58)55-50/h1-32H. The van der Waals surface area contributed by atoms with Crippen molar-refractivity contribution in [2.75, 3.05) is 0 Å². The molecular weight excluding hydrogens is 721 g/mol. The van der Waals surface area contributed by atoms with Crippen molar-refractivity contribution in [1.29, 1.82) is 0 Å². The highest BCUT2D eigenvalue weighted by molar-refractivity contribution is 6.17. The minimum Gasteiger partial charge on any atom is -0.309 e. The van der Waals surface area contributed by atoms with Gasteiger partial charge in [0.1, 0.15) is 11.2 Å². The van der Waals surface area contributed by atoms with Crippen LogP contribution in [-0.4, -0.2) is 28.5 Å². The Balaban J connectivity index is 1.13. The maximum atomic E-state index is 5.56. The van der Waals surface area contributed by atoms with E-state index in [-0.39, 0.29) is 0 Å². The van der Waals surface area contributed by atoms with Gasteiger partial charge >= 0.3 is 0 Å². The van der Waals surface area contributed by atoms with Gasteiger partial charge in [0, 0.05) is 43.6 Å². The van der Waals surface area contributed by atoms with Crippen LogP contribution in [-0.2, 0) is 0 Å². The van der Waals surface area contributed by atoms with E-state index in [1.807, 2.05) is 12.1 Å². The second-order valence-electron chi connectivity index (χ2n) is 15.2. The van der Waals surface area contributed by atoms with Crippen molar-refractivity contribution in [2.24, 2.45) is 0 Å². The van der Waals surface area contributed by atoms with Gasteiger partial charge in [0.2, 0.25) is 5.95 Å². The number of pyridine rings is 1. The van der Waals surface area contributed by atoms with Gasteiger partial charge in [-0.3, -0.25) is 8.97 Å². The fraction of sp³-hybridized carbons (Fsp3) is 0. The number of rotatable bonds is 4. The van der Waals surface area contributed by atoms with E-state index in [1.165, 1.54) is 32.6 Å². The zero-order valence-electron chi connectivity index (χ0n) is 31.7. The Morgan fingerprint density at radius 3 is 1.66 bits per heavy atom. The fourth-order valence-electron chi connectivity index (χ4n) is 9.42. The summed E-state index contributed by atoms with van der Waals surface area (Å²) in [6, 6.07) is 68.8. The van der Waals surface area contributed by atoms with Crippen LogP contribution in [0.1, 0.15) is 0 Å². The molecule has 0 unspecified atom stereocenters. The quantitative estimate of drug-likeness (QED) is 0.168. The summed E-state index contributed by atoms with van der Waals surface area (Å²) < 4.78 is 6.91. The molecule has 0 aliphatic heterocycles. The first-order valence-corrected chi connectivity index (χ1v) is 20.0. The molecule has 59 heavy (non-hydrogen) atoms. The van der Waals surface area contributed by atoms with Crippen LogP contribution in [0.2, 0.25) is 0 Å². The van der Waals surface area contributed by atoms with Crippen molar-refractivity contribution in [1.82, 2.24) is 28.5 Å². The summed E-state index contributed by atoms with van der Waals surface area (Å²) in [6.45, 7) is 0. The molecule has 5 heterocycles. The van der Waals surface area contributed by atoms with Crippen LogP contribution in [0.15, 0.2) is 194 Å². The number of hydrogen-bond acceptors (Lipinski definition) is 3. The van der Waals surface area contributed by atoms with E-state index in [2.05, 4.69) is 196 Å². The summed E-state index contributed by atoms with van der Waals surface area (Å²) in [7, 11) is 0. The van der Waals surface area contributed by atoms with E-state index in [9.17, 15) is 0 Å². The largest absolute Gasteiger partial charge is 0.309 e. The topological polar surface area (TPSA) is 52.9 Å². The summed E-state index contributed by atoms with van der Waals surface area (Å²) in [5.74, 6) is 0.601. The van der Waals surface area contributed by atoms with Gasteiger partial charge in [0.25, 0.3) is 0 Å². The van der Waals surface area contributed by atoms with E-state index in [1.54, 1.807) is 0 Å². The van der Waals surface area contributed by atoms with Crippen LogP contribution in [0.5, 0.6) is 0 Å². The van der Waals surface area contributed by atoms with Crippen LogP contribution >= 0.6 is 0 Å². The Morgan fingerprint density at radius 1 is 0.339 bits per heavy atom. The molecule has 0 bridgehead atoms. The third-order valence-corrected chi connectivity index (χ3v) is 12.0. The molecule has 8 aromatic carbocycles. The first-order valence-electron chi connectivity index (χ1n) is 20.0. The molecule has 0 aliphatic carbocycles. The second kappa shape index (κ2) is 12.2. The monoisotopic (exact) mass is 752 g/mol. The van der Waals surface area contributed by atoms with Crippen molar-refractivity contribution >= 4 is 82.1 Å². The number of hydrogen-bond donors (Lipinski definition) is 0. The van der Waals surface area contributed by atoms with Crippen molar-refractivity contribution in [2.45, 2.75) is 0 Å². The summed E-state index contributed by atoms with van der Waals surface area (Å²) in [4.78, 5) is 16.3. The van der Waals surface area contributed by atoms with Crippen molar-refractivity contribution < 1.29 is 0 Å². The zero-order valence-corrected chi connectivity index (χ0v) is 31.7. The summed E-state index contributed by atoms with van der Waals surface area (Å²) in [6.07, 6.45) is 0. The van der Waals surface area contributed by atoms with E-state index >= 15 is 0 Å². The normalized spacial score (nSPS) is 12.1. The Labute approximate surface area is 337 Å². The molecule has 0 atom stereocenters. The van der Waals surface area contributed by atoms with Gasteiger partial charge in [-0.1, -0.05) is 140 Å². The average Bonchev–Trinajstić information content (AvgIpc) is 3.96. The zero-order chi connectivity index (χ0) is 38.6. The van der Waals surface area contributed by atoms with Crippen molar-refractivity contribution in [3.63, 3.8) is 0 Å². The van der Waals surface area contributed by atoms with Gasteiger partial charge in [-0.05, 0) is 71.1 Å². The molecule has 0 radical (unpaired) electrons. The third kappa shape index (κ3) is 4.59. The van der Waals surface area contributed by atoms with Gasteiger partial charge in [-0.15, -0.1) is 0 Å². The van der Waals surface area contributed by atoms with E-state index in [0.29, 0.717) is 5.95 Å². The number of para-hydroxylation sites is 4. The molecule has 0 aliphatic rings. The number of fused-ring (bicyclic) bond motifs is 14. The first-order chi connectivity index (χ1) is 29.3. The van der Waals surface area contributed by atoms with Crippen LogP contribution in [0.25, 0.3) is 116 Å². The van der Waals surface area contributed by atoms with E-state index < -0.39 is 0 Å². The Kier molecular flexibility index (Phi) is 6.63. The van der Waals surface area contributed by atoms with E-state index in [4.69, 9.17) is 15.0 Å². The van der Waals surface area contributed by atoms with Gasteiger partial charge < -0.3 is 4.57 Å². The van der Waals surface area contributed by atoms with Crippen LogP contribution in [0.3, 0.4) is 0 Å². The molecule has 13 rings (SSSR count). The Hall–Kier alpha value is -8.09. The summed E-state index contributed by atoms with van der Waals surface area (Å²) in [5, 5.41) is 7.94. The van der Waals surface area contributed by atoms with Crippen LogP contribution in [0, 0.1) is 0 Å². The molecule has 13 aromatic rings. The average molecular weight is 753 g/mol. The summed E-state index contributed by atoms with van der Waals surface area (Å²) >= 11 is 0. The predicted octanol–water partition coefficient (Wildman–Crippen LogP) is 13.1. The van der Waals surface area contributed by atoms with Gasteiger partial charge in [0.15, 0.2) is 5.65 Å². The lowest BCUT2D eigenvalue weighted by atomic mass is 10.0. The number of aromatic nitrogens is 6. The Morgan fingerprint density at radius 2 is 0.898 bits per heavy atom. The maximum Gasteiger partial charge on any atom is 0.237 e. The SMILES string of the molecule is c1ccc(-c2nc(-n3c4ccc(-c5ccc6c(c5)c5ccccc5n6-c5ccccc5)cc4c4nc5c6ccccc6c6ccccc6n5c43)nc3ccccc23)cc1. The molecular formula is C53H32N6. The molecule has 0 spiro atoms. The van der Waals surface area contributed by atoms with Crippen LogP contribution < -0.4 is 0 Å².